The van der Waals surface area contributed by atoms with Crippen molar-refractivity contribution >= 4 is 34.6 Å². The average Bonchev–Trinajstić information content (AvgIpc) is 2.96. The van der Waals surface area contributed by atoms with Crippen molar-refractivity contribution in [3.05, 3.63) is 61.0 Å². The summed E-state index contributed by atoms with van der Waals surface area (Å²) in [5.41, 5.74) is 5.01. The minimum Gasteiger partial charge on any atom is -0.480 e. The Balaban J connectivity index is 0.000000333. The Labute approximate surface area is 238 Å². The number of nitrogens with zero attached hydrogens (tertiary/aromatic N) is 2. The van der Waals surface area contributed by atoms with Crippen LogP contribution in [0.2, 0.25) is 0 Å². The van der Waals surface area contributed by atoms with E-state index < -0.39 is 24.1 Å². The van der Waals surface area contributed by atoms with Crippen molar-refractivity contribution in [2.45, 2.75) is 77.9 Å². The first-order chi connectivity index (χ1) is 19.1. The number of aliphatic carboxylic acids is 1. The summed E-state index contributed by atoms with van der Waals surface area (Å²) in [5, 5.41) is 18.8. The summed E-state index contributed by atoms with van der Waals surface area (Å²) in [6, 6.07) is 6.65. The molecule has 2 heterocycles. The Kier molecular flexibility index (Phi) is 13.5. The van der Waals surface area contributed by atoms with E-state index in [-0.39, 0.29) is 17.7 Å². The average molecular weight is 552 g/mol. The van der Waals surface area contributed by atoms with Crippen LogP contribution < -0.4 is 16.1 Å². The number of aromatic nitrogens is 1. The van der Waals surface area contributed by atoms with Gasteiger partial charge in [-0.3, -0.25) is 24.4 Å². The van der Waals surface area contributed by atoms with Crippen molar-refractivity contribution in [1.29, 1.82) is 0 Å². The van der Waals surface area contributed by atoms with Crippen LogP contribution in [0.5, 0.6) is 0 Å². The molecular formula is C31H45N5O4. The number of aryl methyl sites for hydroxylation is 1. The minimum atomic E-state index is -0.984. The van der Waals surface area contributed by atoms with Crippen LogP contribution >= 0.6 is 0 Å². The van der Waals surface area contributed by atoms with E-state index in [0.717, 1.165) is 25.0 Å². The third kappa shape index (κ3) is 9.88. The predicted molar refractivity (Wildman–Crippen MR) is 160 cm³/mol. The van der Waals surface area contributed by atoms with Crippen LogP contribution in [0.25, 0.3) is 16.8 Å². The SMILES string of the molecule is C=CCCCNC(C(=O)NC(C)C(=O)N1CCCC(C(=O)O)N1)C(C)C.C=Cc1cc2cc(CC)ccc2cn1. The molecule has 3 rings (SSSR count). The molecule has 9 heteroatoms. The minimum absolute atomic E-state index is 0.0746. The first-order valence-corrected chi connectivity index (χ1v) is 14.1. The van der Waals surface area contributed by atoms with Gasteiger partial charge in [0, 0.05) is 18.1 Å². The second-order valence-electron chi connectivity index (χ2n) is 10.3. The molecule has 0 radical (unpaired) electrons. The summed E-state index contributed by atoms with van der Waals surface area (Å²) in [6.45, 7) is 16.2. The number of pyridine rings is 1. The zero-order valence-corrected chi connectivity index (χ0v) is 24.3. The van der Waals surface area contributed by atoms with Crippen LogP contribution in [0.4, 0.5) is 0 Å². The molecule has 1 aliphatic heterocycles. The van der Waals surface area contributed by atoms with E-state index in [4.69, 9.17) is 5.11 Å². The fourth-order valence-corrected chi connectivity index (χ4v) is 4.40. The number of hydrazine groups is 1. The molecule has 1 aliphatic rings. The van der Waals surface area contributed by atoms with Gasteiger partial charge in [0.2, 0.25) is 5.91 Å². The first-order valence-electron chi connectivity index (χ1n) is 14.1. The van der Waals surface area contributed by atoms with E-state index in [0.29, 0.717) is 25.9 Å². The van der Waals surface area contributed by atoms with E-state index in [1.54, 1.807) is 13.0 Å². The highest BCUT2D eigenvalue weighted by atomic mass is 16.4. The molecule has 0 spiro atoms. The number of unbranched alkanes of at least 4 members (excludes halogenated alkanes) is 1. The van der Waals surface area contributed by atoms with Gasteiger partial charge in [-0.1, -0.05) is 51.6 Å². The highest BCUT2D eigenvalue weighted by Crippen LogP contribution is 2.17. The van der Waals surface area contributed by atoms with Crippen LogP contribution in [0.1, 0.15) is 64.6 Å². The zero-order valence-electron chi connectivity index (χ0n) is 24.3. The Morgan fingerprint density at radius 2 is 1.95 bits per heavy atom. The lowest BCUT2D eigenvalue weighted by atomic mass is 10.0. The lowest BCUT2D eigenvalue weighted by Crippen LogP contribution is -2.60. The number of benzene rings is 1. The number of carbonyl (C=O) groups excluding carboxylic acids is 2. The van der Waals surface area contributed by atoms with Crippen LogP contribution in [-0.4, -0.2) is 64.1 Å². The van der Waals surface area contributed by atoms with Gasteiger partial charge in [0.15, 0.2) is 0 Å². The molecule has 3 unspecified atom stereocenters. The number of hydrogen-bond donors (Lipinski definition) is 4. The molecule has 3 atom stereocenters. The summed E-state index contributed by atoms with van der Waals surface area (Å²) in [5.74, 6) is -1.47. The molecule has 2 amide bonds. The fraction of sp³-hybridized carbons (Fsp3) is 0.484. The van der Waals surface area contributed by atoms with Crippen molar-refractivity contribution < 1.29 is 19.5 Å². The van der Waals surface area contributed by atoms with E-state index >= 15 is 0 Å². The molecule has 0 saturated carbocycles. The number of fused-ring (bicyclic) bond motifs is 1. The molecule has 1 fully saturated rings. The molecule has 0 aliphatic carbocycles. The molecule has 40 heavy (non-hydrogen) atoms. The number of carboxylic acids is 1. The smallest absolute Gasteiger partial charge is 0.322 e. The standard InChI is InChI=1S/C18H32N4O4.C13H13N/c1-5-6-7-10-19-15(12(2)3)16(23)20-13(4)17(24)22-11-8-9-14(21-22)18(25)26;1-3-10-5-6-11-9-14-13(4-2)8-12(11)7-10/h5,12-15,19,21H,1,6-11H2,2-4H3,(H,20,23)(H,25,26);4-9H,2-3H2,1H3. The van der Waals surface area contributed by atoms with Crippen molar-refractivity contribution in [3.63, 3.8) is 0 Å². The fourth-order valence-electron chi connectivity index (χ4n) is 4.40. The number of allylic oxidation sites excluding steroid dienone is 1. The number of hydrogen-bond acceptors (Lipinski definition) is 6. The largest absolute Gasteiger partial charge is 0.480 e. The lowest BCUT2D eigenvalue weighted by molar-refractivity contribution is -0.148. The molecule has 2 aromatic rings. The van der Waals surface area contributed by atoms with Gasteiger partial charge in [0.1, 0.15) is 12.1 Å². The van der Waals surface area contributed by atoms with Gasteiger partial charge in [-0.05, 0) is 74.6 Å². The molecule has 1 aromatic carbocycles. The molecule has 9 nitrogen and oxygen atoms in total. The predicted octanol–water partition coefficient (Wildman–Crippen LogP) is 4.09. The quantitative estimate of drug-likeness (QED) is 0.231. The Morgan fingerprint density at radius 3 is 2.58 bits per heavy atom. The maximum atomic E-state index is 12.5. The molecule has 1 aromatic heterocycles. The van der Waals surface area contributed by atoms with Gasteiger partial charge in [-0.15, -0.1) is 6.58 Å². The number of carbonyl (C=O) groups is 3. The monoisotopic (exact) mass is 551 g/mol. The number of amides is 2. The van der Waals surface area contributed by atoms with Crippen LogP contribution in [0, 0.1) is 5.92 Å². The Bertz CT molecular complexity index is 1170. The van der Waals surface area contributed by atoms with Gasteiger partial charge in [0.05, 0.1) is 11.7 Å². The topological polar surface area (TPSA) is 124 Å². The van der Waals surface area contributed by atoms with Crippen molar-refractivity contribution in [1.82, 2.24) is 26.1 Å². The number of rotatable bonds is 12. The Hall–Kier alpha value is -3.56. The zero-order chi connectivity index (χ0) is 29.7. The highest BCUT2D eigenvalue weighted by Gasteiger charge is 2.31. The molecule has 0 bridgehead atoms. The summed E-state index contributed by atoms with van der Waals surface area (Å²) in [7, 11) is 0. The summed E-state index contributed by atoms with van der Waals surface area (Å²) < 4.78 is 0. The second-order valence-corrected chi connectivity index (χ2v) is 10.3. The number of carboxylic acid groups (broad SMARTS) is 1. The van der Waals surface area contributed by atoms with Crippen LogP contribution in [0.15, 0.2) is 49.7 Å². The van der Waals surface area contributed by atoms with Crippen molar-refractivity contribution in [2.75, 3.05) is 13.1 Å². The van der Waals surface area contributed by atoms with Crippen molar-refractivity contribution in [2.24, 2.45) is 5.92 Å². The second kappa shape index (κ2) is 16.5. The summed E-state index contributed by atoms with van der Waals surface area (Å²) >= 11 is 0. The normalized spacial score (nSPS) is 16.4. The molecule has 218 valence electrons. The summed E-state index contributed by atoms with van der Waals surface area (Å²) in [4.78, 5) is 40.4. The first kappa shape index (κ1) is 32.7. The van der Waals surface area contributed by atoms with Crippen molar-refractivity contribution in [3.8, 4) is 0 Å². The third-order valence-electron chi connectivity index (χ3n) is 6.80. The van der Waals surface area contributed by atoms with E-state index in [1.165, 1.54) is 21.3 Å². The van der Waals surface area contributed by atoms with Gasteiger partial charge in [-0.2, -0.15) is 0 Å². The Morgan fingerprint density at radius 1 is 1.20 bits per heavy atom. The van der Waals surface area contributed by atoms with Crippen LogP contribution in [0.3, 0.4) is 0 Å². The maximum absolute atomic E-state index is 12.5. The number of nitrogens with one attached hydrogen (secondary N) is 3. The van der Waals surface area contributed by atoms with Gasteiger partial charge in [-0.25, -0.2) is 5.43 Å². The lowest BCUT2D eigenvalue weighted by Gasteiger charge is -2.34. The molecular weight excluding hydrogens is 506 g/mol. The maximum Gasteiger partial charge on any atom is 0.322 e. The van der Waals surface area contributed by atoms with E-state index in [9.17, 15) is 14.4 Å². The van der Waals surface area contributed by atoms with Crippen LogP contribution in [-0.2, 0) is 20.8 Å². The van der Waals surface area contributed by atoms with Gasteiger partial charge < -0.3 is 15.7 Å². The van der Waals surface area contributed by atoms with Gasteiger partial charge >= 0.3 is 5.97 Å². The highest BCUT2D eigenvalue weighted by molar-refractivity contribution is 5.90. The van der Waals surface area contributed by atoms with E-state index in [1.807, 2.05) is 26.1 Å². The third-order valence-corrected chi connectivity index (χ3v) is 6.80. The van der Waals surface area contributed by atoms with Gasteiger partial charge in [0.25, 0.3) is 5.91 Å². The van der Waals surface area contributed by atoms with E-state index in [2.05, 4.69) is 65.4 Å². The molecule has 1 saturated heterocycles. The summed E-state index contributed by atoms with van der Waals surface area (Å²) in [6.07, 6.45) is 9.43. The molecule has 4 N–H and O–H groups in total.